The van der Waals surface area contributed by atoms with Crippen molar-refractivity contribution in [1.29, 1.82) is 0 Å². The number of carbonyl (C=O) groups is 2. The zero-order chi connectivity index (χ0) is 23.5. The monoisotopic (exact) mass is 452 g/mol. The molecule has 1 N–H and O–H groups in total. The van der Waals surface area contributed by atoms with Crippen molar-refractivity contribution in [2.45, 2.75) is 59.8 Å². The minimum Gasteiger partial charge on any atom is -0.486 e. The van der Waals surface area contributed by atoms with Crippen LogP contribution in [0.2, 0.25) is 0 Å². The lowest BCUT2D eigenvalue weighted by molar-refractivity contribution is -0.128. The molecule has 0 bridgehead atoms. The number of rotatable bonds is 9. The van der Waals surface area contributed by atoms with Crippen molar-refractivity contribution in [2.24, 2.45) is 5.41 Å². The molecule has 0 amide bonds. The van der Waals surface area contributed by atoms with Crippen LogP contribution >= 0.6 is 11.3 Å². The molecule has 0 spiro atoms. The summed E-state index contributed by atoms with van der Waals surface area (Å²) in [6, 6.07) is 14.2. The lowest BCUT2D eigenvalue weighted by Crippen LogP contribution is -2.26. The molecule has 5 heteroatoms. The number of carboxylic acids is 1. The predicted octanol–water partition coefficient (Wildman–Crippen LogP) is 7.03. The maximum atomic E-state index is 12.1. The Balaban J connectivity index is 1.55. The van der Waals surface area contributed by atoms with Crippen molar-refractivity contribution in [1.82, 2.24) is 0 Å². The Kier molecular flexibility index (Phi) is 7.40. The van der Waals surface area contributed by atoms with Crippen molar-refractivity contribution in [3.63, 3.8) is 0 Å². The number of thiophene rings is 1. The number of aryl methyl sites for hydroxylation is 2. The van der Waals surface area contributed by atoms with Gasteiger partial charge in [0.15, 0.2) is 5.78 Å². The number of hydrogen-bond donors (Lipinski definition) is 1. The van der Waals surface area contributed by atoms with Crippen molar-refractivity contribution >= 4 is 33.2 Å². The Labute approximate surface area is 194 Å². The van der Waals surface area contributed by atoms with Gasteiger partial charge in [0.1, 0.15) is 17.2 Å². The molecule has 1 unspecified atom stereocenters. The first kappa shape index (κ1) is 24.0. The maximum absolute atomic E-state index is 12.1. The highest BCUT2D eigenvalue weighted by atomic mass is 32.1. The van der Waals surface area contributed by atoms with Gasteiger partial charge in [-0.25, -0.2) is 4.79 Å². The lowest BCUT2D eigenvalue weighted by Gasteiger charge is -2.18. The van der Waals surface area contributed by atoms with Crippen LogP contribution < -0.4 is 4.74 Å². The van der Waals surface area contributed by atoms with Crippen molar-refractivity contribution in [2.75, 3.05) is 6.61 Å². The van der Waals surface area contributed by atoms with Gasteiger partial charge < -0.3 is 9.84 Å². The molecule has 0 aliphatic carbocycles. The summed E-state index contributed by atoms with van der Waals surface area (Å²) in [6.45, 7) is 10.1. The first-order valence-corrected chi connectivity index (χ1v) is 11.9. The smallest absolute Gasteiger partial charge is 0.345 e. The van der Waals surface area contributed by atoms with Crippen molar-refractivity contribution < 1.29 is 19.4 Å². The van der Waals surface area contributed by atoms with Gasteiger partial charge in [-0.1, -0.05) is 52.0 Å². The van der Waals surface area contributed by atoms with E-state index in [2.05, 4.69) is 31.2 Å². The highest BCUT2D eigenvalue weighted by Gasteiger charge is 2.21. The molecule has 170 valence electrons. The van der Waals surface area contributed by atoms with E-state index in [4.69, 9.17) is 4.74 Å². The van der Waals surface area contributed by atoms with E-state index in [1.807, 2.05) is 39.8 Å². The largest absolute Gasteiger partial charge is 0.486 e. The SMILES string of the molecule is Cc1cc(C(C)CCCc2ccc3cc(C(=O)O)sc3c2)ccc1OCC(=O)C(C)(C)C. The molecule has 3 rings (SSSR count). The molecule has 0 saturated heterocycles. The van der Waals surface area contributed by atoms with Crippen LogP contribution in [0.15, 0.2) is 42.5 Å². The number of carboxylic acid groups (broad SMARTS) is 1. The predicted molar refractivity (Wildman–Crippen MR) is 131 cm³/mol. The molecule has 1 atom stereocenters. The number of benzene rings is 2. The second-order valence-electron chi connectivity index (χ2n) is 9.57. The average Bonchev–Trinajstić information content (AvgIpc) is 3.15. The summed E-state index contributed by atoms with van der Waals surface area (Å²) >= 11 is 1.33. The fourth-order valence-electron chi connectivity index (χ4n) is 3.62. The standard InChI is InChI=1S/C27H32O4S/c1-17(20-11-12-22(18(2)13-20)31-16-25(28)27(3,4)5)7-6-8-19-9-10-21-15-24(26(29)30)32-23(21)14-19/h9-15,17H,6-8,16H2,1-5H3,(H,29,30). The van der Waals surface area contributed by atoms with E-state index in [0.717, 1.165) is 40.7 Å². The highest BCUT2D eigenvalue weighted by Crippen LogP contribution is 2.29. The molecule has 0 aliphatic rings. The van der Waals surface area contributed by atoms with E-state index in [1.54, 1.807) is 6.07 Å². The zero-order valence-electron chi connectivity index (χ0n) is 19.5. The summed E-state index contributed by atoms with van der Waals surface area (Å²) in [6.07, 6.45) is 3.09. The molecule has 0 fully saturated rings. The minimum absolute atomic E-state index is 0.0919. The first-order chi connectivity index (χ1) is 15.0. The Morgan fingerprint density at radius 2 is 1.84 bits per heavy atom. The van der Waals surface area contributed by atoms with Crippen LogP contribution in [0.5, 0.6) is 5.75 Å². The van der Waals surface area contributed by atoms with E-state index in [9.17, 15) is 14.7 Å². The third-order valence-electron chi connectivity index (χ3n) is 5.86. The summed E-state index contributed by atoms with van der Waals surface area (Å²) in [5.74, 6) is 0.412. The second kappa shape index (κ2) is 9.86. The molecule has 0 radical (unpaired) electrons. The molecule has 1 heterocycles. The summed E-state index contributed by atoms with van der Waals surface area (Å²) in [4.78, 5) is 23.7. The van der Waals surface area contributed by atoms with Crippen molar-refractivity contribution in [3.05, 3.63) is 64.0 Å². The van der Waals surface area contributed by atoms with Gasteiger partial charge in [0, 0.05) is 10.1 Å². The number of carbonyl (C=O) groups excluding carboxylic acids is 1. The van der Waals surface area contributed by atoms with Crippen molar-refractivity contribution in [3.8, 4) is 5.75 Å². The molecule has 0 aliphatic heterocycles. The number of fused-ring (bicyclic) bond motifs is 1. The van der Waals surface area contributed by atoms with Gasteiger partial charge in [0.05, 0.1) is 0 Å². The Bertz CT molecular complexity index is 1120. The maximum Gasteiger partial charge on any atom is 0.345 e. The molecular weight excluding hydrogens is 420 g/mol. The van der Waals surface area contributed by atoms with Gasteiger partial charge >= 0.3 is 5.97 Å². The van der Waals surface area contributed by atoms with Crippen LogP contribution in [0.1, 0.15) is 72.8 Å². The summed E-state index contributed by atoms with van der Waals surface area (Å²) in [5, 5.41) is 10.2. The lowest BCUT2D eigenvalue weighted by atomic mass is 9.91. The Morgan fingerprint density at radius 1 is 1.09 bits per heavy atom. The fourth-order valence-corrected chi connectivity index (χ4v) is 4.58. The highest BCUT2D eigenvalue weighted by molar-refractivity contribution is 7.20. The summed E-state index contributed by atoms with van der Waals surface area (Å²) in [7, 11) is 0. The van der Waals surface area contributed by atoms with Crippen LogP contribution in [-0.4, -0.2) is 23.5 Å². The van der Waals surface area contributed by atoms with Crippen LogP contribution in [0, 0.1) is 12.3 Å². The molecule has 3 aromatic rings. The number of hydrogen-bond acceptors (Lipinski definition) is 4. The number of aromatic carboxylic acids is 1. The van der Waals surface area contributed by atoms with Gasteiger partial charge in [0.25, 0.3) is 0 Å². The van der Waals surface area contributed by atoms with Gasteiger partial charge in [-0.3, -0.25) is 4.79 Å². The number of ether oxygens (including phenoxy) is 1. The van der Waals surface area contributed by atoms with Crippen LogP contribution in [0.25, 0.3) is 10.1 Å². The fraction of sp³-hybridized carbons (Fsp3) is 0.407. The van der Waals surface area contributed by atoms with Crippen LogP contribution in [0.3, 0.4) is 0 Å². The summed E-state index contributed by atoms with van der Waals surface area (Å²) in [5.41, 5.74) is 3.17. The normalized spacial score (nSPS) is 12.7. The third kappa shape index (κ3) is 5.98. The number of Topliss-reactive ketones (excluding diaryl/α,β-unsaturated/α-hetero) is 1. The first-order valence-electron chi connectivity index (χ1n) is 11.1. The van der Waals surface area contributed by atoms with Gasteiger partial charge in [0.2, 0.25) is 0 Å². The average molecular weight is 453 g/mol. The molecule has 2 aromatic carbocycles. The Morgan fingerprint density at radius 3 is 2.50 bits per heavy atom. The van der Waals surface area contributed by atoms with Gasteiger partial charge in [-0.05, 0) is 72.4 Å². The van der Waals surface area contributed by atoms with Gasteiger partial charge in [-0.2, -0.15) is 0 Å². The van der Waals surface area contributed by atoms with E-state index in [1.165, 1.54) is 22.5 Å². The molecule has 1 aromatic heterocycles. The molecule has 32 heavy (non-hydrogen) atoms. The van der Waals surface area contributed by atoms with Crippen LogP contribution in [0.4, 0.5) is 0 Å². The van der Waals surface area contributed by atoms with E-state index < -0.39 is 11.4 Å². The summed E-state index contributed by atoms with van der Waals surface area (Å²) < 4.78 is 6.80. The van der Waals surface area contributed by atoms with Gasteiger partial charge in [-0.15, -0.1) is 11.3 Å². The van der Waals surface area contributed by atoms with E-state index >= 15 is 0 Å². The molecule has 0 saturated carbocycles. The van der Waals surface area contributed by atoms with E-state index in [0.29, 0.717) is 10.8 Å². The third-order valence-corrected chi connectivity index (χ3v) is 6.95. The molecule has 4 nitrogen and oxygen atoms in total. The molecular formula is C27H32O4S. The Hall–Kier alpha value is -2.66. The topological polar surface area (TPSA) is 63.6 Å². The van der Waals surface area contributed by atoms with Crippen LogP contribution in [-0.2, 0) is 11.2 Å². The zero-order valence-corrected chi connectivity index (χ0v) is 20.3. The minimum atomic E-state index is -0.867. The van der Waals surface area contributed by atoms with E-state index in [-0.39, 0.29) is 12.4 Å². The number of ketones is 1. The quantitative estimate of drug-likeness (QED) is 0.378. The second-order valence-corrected chi connectivity index (χ2v) is 10.7.